The number of sulfonamides is 2. The minimum atomic E-state index is -3.77. The molecule has 16 heavy (non-hydrogen) atoms. The molecule has 0 unspecified atom stereocenters. The van der Waals surface area contributed by atoms with E-state index in [-0.39, 0.29) is 4.90 Å². The maximum Gasteiger partial charge on any atom is 0.238 e. The van der Waals surface area contributed by atoms with Crippen molar-refractivity contribution in [1.29, 1.82) is 0 Å². The van der Waals surface area contributed by atoms with Gasteiger partial charge in [-0.05, 0) is 30.7 Å². The van der Waals surface area contributed by atoms with Crippen molar-refractivity contribution >= 4 is 25.7 Å². The SMILES string of the molecule is Cc1cc(NS(C)(=O)=O)ccc1S(N)(=O)=O. The monoisotopic (exact) mass is 264 g/mol. The normalized spacial score (nSPS) is 12.4. The molecule has 0 amide bonds. The van der Waals surface area contributed by atoms with Crippen LogP contribution >= 0.6 is 0 Å². The number of aryl methyl sites for hydroxylation is 1. The van der Waals surface area contributed by atoms with Crippen molar-refractivity contribution in [3.63, 3.8) is 0 Å². The van der Waals surface area contributed by atoms with Crippen LogP contribution in [0.5, 0.6) is 0 Å². The van der Waals surface area contributed by atoms with Crippen LogP contribution in [0.3, 0.4) is 0 Å². The molecule has 1 rings (SSSR count). The van der Waals surface area contributed by atoms with Gasteiger partial charge in [-0.3, -0.25) is 4.72 Å². The molecular weight excluding hydrogens is 252 g/mol. The lowest BCUT2D eigenvalue weighted by molar-refractivity contribution is 0.597. The fourth-order valence-corrected chi connectivity index (χ4v) is 2.57. The van der Waals surface area contributed by atoms with E-state index in [1.54, 1.807) is 0 Å². The van der Waals surface area contributed by atoms with Gasteiger partial charge in [0, 0.05) is 5.69 Å². The minimum Gasteiger partial charge on any atom is -0.284 e. The van der Waals surface area contributed by atoms with Crippen LogP contribution in [0.1, 0.15) is 5.56 Å². The molecule has 0 aromatic heterocycles. The number of nitrogens with one attached hydrogen (secondary N) is 1. The molecule has 1 aromatic rings. The molecule has 90 valence electrons. The number of benzene rings is 1. The molecule has 0 saturated carbocycles. The maximum atomic E-state index is 11.1. The van der Waals surface area contributed by atoms with Crippen LogP contribution in [0.15, 0.2) is 23.1 Å². The number of hydrogen-bond acceptors (Lipinski definition) is 4. The second-order valence-electron chi connectivity index (χ2n) is 3.40. The zero-order valence-electron chi connectivity index (χ0n) is 8.76. The van der Waals surface area contributed by atoms with Crippen LogP contribution in [-0.4, -0.2) is 23.1 Å². The van der Waals surface area contributed by atoms with Gasteiger partial charge < -0.3 is 0 Å². The fourth-order valence-electron chi connectivity index (χ4n) is 1.25. The van der Waals surface area contributed by atoms with E-state index in [9.17, 15) is 16.8 Å². The van der Waals surface area contributed by atoms with Crippen LogP contribution in [0, 0.1) is 6.92 Å². The summed E-state index contributed by atoms with van der Waals surface area (Å²) in [5.74, 6) is 0. The van der Waals surface area contributed by atoms with Gasteiger partial charge in [-0.15, -0.1) is 0 Å². The summed E-state index contributed by atoms with van der Waals surface area (Å²) in [6, 6.07) is 4.01. The second-order valence-corrected chi connectivity index (χ2v) is 6.68. The Morgan fingerprint density at radius 2 is 1.75 bits per heavy atom. The average molecular weight is 264 g/mol. The van der Waals surface area contributed by atoms with E-state index in [0.29, 0.717) is 11.3 Å². The van der Waals surface area contributed by atoms with Crippen LogP contribution in [0.2, 0.25) is 0 Å². The van der Waals surface area contributed by atoms with Gasteiger partial charge in [0.25, 0.3) is 0 Å². The van der Waals surface area contributed by atoms with Gasteiger partial charge in [-0.2, -0.15) is 0 Å². The van der Waals surface area contributed by atoms with E-state index < -0.39 is 20.0 Å². The highest BCUT2D eigenvalue weighted by Gasteiger charge is 2.12. The van der Waals surface area contributed by atoms with Gasteiger partial charge in [0.2, 0.25) is 20.0 Å². The van der Waals surface area contributed by atoms with Gasteiger partial charge >= 0.3 is 0 Å². The Balaban J connectivity index is 3.20. The predicted octanol–water partition coefficient (Wildman–Crippen LogP) is 0.0139. The largest absolute Gasteiger partial charge is 0.284 e. The van der Waals surface area contributed by atoms with E-state index in [1.807, 2.05) is 0 Å². The lowest BCUT2D eigenvalue weighted by Gasteiger charge is -2.07. The smallest absolute Gasteiger partial charge is 0.238 e. The molecule has 0 aliphatic carbocycles. The lowest BCUT2D eigenvalue weighted by atomic mass is 10.2. The van der Waals surface area contributed by atoms with Crippen molar-refractivity contribution in [2.45, 2.75) is 11.8 Å². The molecule has 3 N–H and O–H groups in total. The minimum absolute atomic E-state index is 0.0217. The number of rotatable bonds is 3. The number of nitrogens with two attached hydrogens (primary N) is 1. The lowest BCUT2D eigenvalue weighted by Crippen LogP contribution is -2.14. The molecule has 0 spiro atoms. The molecule has 0 aliphatic rings. The van der Waals surface area contributed by atoms with Gasteiger partial charge in [0.15, 0.2) is 0 Å². The molecule has 0 saturated heterocycles. The van der Waals surface area contributed by atoms with Crippen LogP contribution < -0.4 is 9.86 Å². The summed E-state index contributed by atoms with van der Waals surface area (Å²) in [6.07, 6.45) is 1.01. The van der Waals surface area contributed by atoms with E-state index in [2.05, 4.69) is 4.72 Å². The zero-order chi connectivity index (χ0) is 12.6. The van der Waals surface area contributed by atoms with Gasteiger partial charge in [0.05, 0.1) is 11.2 Å². The van der Waals surface area contributed by atoms with Crippen LogP contribution in [0.4, 0.5) is 5.69 Å². The van der Waals surface area contributed by atoms with Crippen molar-refractivity contribution in [3.05, 3.63) is 23.8 Å². The molecule has 8 heteroatoms. The Morgan fingerprint density at radius 1 is 1.19 bits per heavy atom. The van der Waals surface area contributed by atoms with Gasteiger partial charge in [0.1, 0.15) is 0 Å². The van der Waals surface area contributed by atoms with Crippen molar-refractivity contribution in [2.75, 3.05) is 11.0 Å². The van der Waals surface area contributed by atoms with Crippen molar-refractivity contribution < 1.29 is 16.8 Å². The van der Waals surface area contributed by atoms with Crippen molar-refractivity contribution in [2.24, 2.45) is 5.14 Å². The summed E-state index contributed by atoms with van der Waals surface area (Å²) in [5.41, 5.74) is 0.684. The highest BCUT2D eigenvalue weighted by Crippen LogP contribution is 2.18. The Labute approximate surface area is 94.6 Å². The molecular formula is C8H12N2O4S2. The molecule has 0 heterocycles. The molecule has 6 nitrogen and oxygen atoms in total. The summed E-state index contributed by atoms with van der Waals surface area (Å²) in [7, 11) is -7.14. The summed E-state index contributed by atoms with van der Waals surface area (Å²) < 4.78 is 46.3. The van der Waals surface area contributed by atoms with E-state index in [0.717, 1.165) is 6.26 Å². The molecule has 0 bridgehead atoms. The Bertz CT molecular complexity index is 605. The van der Waals surface area contributed by atoms with Crippen LogP contribution in [-0.2, 0) is 20.0 Å². The first kappa shape index (κ1) is 12.9. The average Bonchev–Trinajstić information content (AvgIpc) is 1.97. The highest BCUT2D eigenvalue weighted by molar-refractivity contribution is 7.92. The predicted molar refractivity (Wildman–Crippen MR) is 61.0 cm³/mol. The summed E-state index contributed by atoms with van der Waals surface area (Å²) in [5, 5.41) is 4.97. The number of primary sulfonamides is 1. The number of hydrogen-bond donors (Lipinski definition) is 2. The van der Waals surface area contributed by atoms with Crippen molar-refractivity contribution in [1.82, 2.24) is 0 Å². The fraction of sp³-hybridized carbons (Fsp3) is 0.250. The molecule has 0 aliphatic heterocycles. The van der Waals surface area contributed by atoms with Crippen molar-refractivity contribution in [3.8, 4) is 0 Å². The van der Waals surface area contributed by atoms with E-state index in [4.69, 9.17) is 5.14 Å². The second kappa shape index (κ2) is 4.04. The molecule has 1 aromatic carbocycles. The van der Waals surface area contributed by atoms with E-state index >= 15 is 0 Å². The van der Waals surface area contributed by atoms with Crippen LogP contribution in [0.25, 0.3) is 0 Å². The van der Waals surface area contributed by atoms with Gasteiger partial charge in [-0.1, -0.05) is 0 Å². The maximum absolute atomic E-state index is 11.1. The third-order valence-electron chi connectivity index (χ3n) is 1.78. The first-order valence-corrected chi connectivity index (χ1v) is 7.64. The first-order chi connectivity index (χ1) is 7.09. The standard InChI is InChI=1S/C8H12N2O4S2/c1-6-5-7(10-15(2,11)12)3-4-8(6)16(9,13)14/h3-5,10H,1-2H3,(H2,9,13,14). The van der Waals surface area contributed by atoms with E-state index in [1.165, 1.54) is 25.1 Å². The molecule has 0 radical (unpaired) electrons. The number of anilines is 1. The summed E-state index contributed by atoms with van der Waals surface area (Å²) in [6.45, 7) is 1.53. The van der Waals surface area contributed by atoms with Gasteiger partial charge in [-0.25, -0.2) is 22.0 Å². The third kappa shape index (κ3) is 3.47. The zero-order valence-corrected chi connectivity index (χ0v) is 10.4. The molecule has 0 fully saturated rings. The quantitative estimate of drug-likeness (QED) is 0.802. The molecule has 0 atom stereocenters. The summed E-state index contributed by atoms with van der Waals surface area (Å²) >= 11 is 0. The highest BCUT2D eigenvalue weighted by atomic mass is 32.2. The third-order valence-corrected chi connectivity index (χ3v) is 3.46. The first-order valence-electron chi connectivity index (χ1n) is 4.21. The Morgan fingerprint density at radius 3 is 2.12 bits per heavy atom. The topological polar surface area (TPSA) is 106 Å². The Kier molecular flexibility index (Phi) is 3.27. The Hall–Kier alpha value is -1.12. The summed E-state index contributed by atoms with van der Waals surface area (Å²) in [4.78, 5) is -0.0217.